The Morgan fingerprint density at radius 1 is 0.517 bits per heavy atom. The normalized spacial score (nSPS) is 13.0. The molecule has 5 aromatic carbocycles. The topological polar surface area (TPSA) is 12.4 Å². The average molecular weight is 385 g/mol. The van der Waals surface area contributed by atoms with E-state index in [2.05, 4.69) is 91.0 Å². The Kier molecular flexibility index (Phi) is 2.94. The summed E-state index contributed by atoms with van der Waals surface area (Å²) in [6.07, 6.45) is 0. The van der Waals surface area contributed by atoms with E-state index in [0.717, 1.165) is 11.4 Å². The third-order valence-electron chi connectivity index (χ3n) is 6.03. The van der Waals surface area contributed by atoms with Crippen molar-refractivity contribution >= 4 is 65.1 Å². The van der Waals surface area contributed by atoms with Gasteiger partial charge in [0.15, 0.2) is 0 Å². The van der Waals surface area contributed by atoms with Crippen LogP contribution in [0.3, 0.4) is 0 Å². The first kappa shape index (κ1) is 15.4. The van der Waals surface area contributed by atoms with Gasteiger partial charge in [0, 0.05) is 15.6 Å². The zero-order chi connectivity index (χ0) is 18.9. The molecule has 1 aliphatic heterocycles. The number of aliphatic imine (C=N–C) groups is 1. The molecule has 29 heavy (non-hydrogen) atoms. The van der Waals surface area contributed by atoms with E-state index in [-0.39, 0.29) is 0 Å². The Balaban J connectivity index is 1.52. The van der Waals surface area contributed by atoms with Crippen molar-refractivity contribution in [3.05, 3.63) is 101 Å². The van der Waals surface area contributed by atoms with E-state index < -0.39 is 0 Å². The highest BCUT2D eigenvalue weighted by Gasteiger charge is 2.26. The number of thiophene rings is 1. The zero-order valence-electron chi connectivity index (χ0n) is 15.5. The molecule has 2 heterocycles. The lowest BCUT2D eigenvalue weighted by Crippen LogP contribution is -2.07. The SMILES string of the molecule is c1ccc2c3c(sc2c1)C(c1ccc2c4ccccc4c4ccccc4c2c1)=N3. The third kappa shape index (κ3) is 2.01. The van der Waals surface area contributed by atoms with Gasteiger partial charge >= 0.3 is 0 Å². The Labute approximate surface area is 171 Å². The van der Waals surface area contributed by atoms with Crippen LogP contribution in [-0.2, 0) is 0 Å². The van der Waals surface area contributed by atoms with Gasteiger partial charge in [-0.3, -0.25) is 0 Å². The molecule has 0 radical (unpaired) electrons. The summed E-state index contributed by atoms with van der Waals surface area (Å²) in [5, 5.41) is 9.12. The number of benzene rings is 5. The molecule has 0 saturated carbocycles. The minimum absolute atomic E-state index is 1.13. The maximum atomic E-state index is 4.92. The van der Waals surface area contributed by atoms with Crippen LogP contribution in [0.25, 0.3) is 42.4 Å². The molecule has 1 aromatic heterocycles. The van der Waals surface area contributed by atoms with Crippen molar-refractivity contribution in [2.75, 3.05) is 0 Å². The molecule has 1 nitrogen and oxygen atoms in total. The molecule has 0 bridgehead atoms. The fourth-order valence-corrected chi connectivity index (χ4v) is 5.82. The second kappa shape index (κ2) is 5.53. The highest BCUT2D eigenvalue weighted by molar-refractivity contribution is 7.22. The standard InChI is InChI=1S/C27H15NS/c1-2-9-19-17(7-1)18-8-3-4-10-20(18)23-15-16(13-14-21(19)23)25-27-26(28-25)22-11-5-6-12-24(22)29-27/h1-15H. The molecule has 0 unspecified atom stereocenters. The van der Waals surface area contributed by atoms with Crippen molar-refractivity contribution < 1.29 is 0 Å². The minimum atomic E-state index is 1.13. The summed E-state index contributed by atoms with van der Waals surface area (Å²) in [5.41, 5.74) is 3.49. The molecule has 0 amide bonds. The first-order valence-electron chi connectivity index (χ1n) is 9.83. The van der Waals surface area contributed by atoms with E-state index in [9.17, 15) is 0 Å². The third-order valence-corrected chi connectivity index (χ3v) is 7.19. The molecular weight excluding hydrogens is 370 g/mol. The van der Waals surface area contributed by atoms with Crippen molar-refractivity contribution in [2.24, 2.45) is 4.99 Å². The maximum absolute atomic E-state index is 4.92. The van der Waals surface area contributed by atoms with Gasteiger partial charge in [-0.2, -0.15) is 0 Å². The molecule has 2 heteroatoms. The van der Waals surface area contributed by atoms with Crippen LogP contribution in [0.15, 0.2) is 96.0 Å². The predicted octanol–water partition coefficient (Wildman–Crippen LogP) is 7.84. The van der Waals surface area contributed by atoms with Gasteiger partial charge in [-0.15, -0.1) is 11.3 Å². The summed E-state index contributed by atoms with van der Waals surface area (Å²) in [4.78, 5) is 6.24. The second-order valence-electron chi connectivity index (χ2n) is 7.59. The summed E-state index contributed by atoms with van der Waals surface area (Å²) < 4.78 is 1.31. The van der Waals surface area contributed by atoms with Crippen molar-refractivity contribution in [1.82, 2.24) is 0 Å². The van der Waals surface area contributed by atoms with Gasteiger partial charge in [-0.05, 0) is 44.5 Å². The van der Waals surface area contributed by atoms with Crippen molar-refractivity contribution in [2.45, 2.75) is 0 Å². The second-order valence-corrected chi connectivity index (χ2v) is 8.64. The van der Waals surface area contributed by atoms with Crippen LogP contribution in [0.1, 0.15) is 10.4 Å². The fourth-order valence-electron chi connectivity index (χ4n) is 4.66. The van der Waals surface area contributed by atoms with Gasteiger partial charge < -0.3 is 0 Å². The van der Waals surface area contributed by atoms with Crippen LogP contribution in [0, 0.1) is 0 Å². The van der Waals surface area contributed by atoms with Gasteiger partial charge in [0.25, 0.3) is 0 Å². The Hall–Kier alpha value is -3.49. The summed E-state index contributed by atoms with van der Waals surface area (Å²) >= 11 is 1.85. The fraction of sp³-hybridized carbons (Fsp3) is 0. The smallest absolute Gasteiger partial charge is 0.0918 e. The Bertz CT molecular complexity index is 1620. The lowest BCUT2D eigenvalue weighted by Gasteiger charge is -2.16. The predicted molar refractivity (Wildman–Crippen MR) is 126 cm³/mol. The zero-order valence-corrected chi connectivity index (χ0v) is 16.3. The molecule has 7 rings (SSSR count). The molecule has 0 saturated heterocycles. The monoisotopic (exact) mass is 385 g/mol. The first-order valence-corrected chi connectivity index (χ1v) is 10.6. The molecule has 0 spiro atoms. The summed E-state index contributed by atoms with van der Waals surface area (Å²) in [7, 11) is 0. The van der Waals surface area contributed by atoms with E-state index >= 15 is 0 Å². The molecule has 6 aromatic rings. The molecule has 1 aliphatic rings. The Morgan fingerprint density at radius 2 is 1.07 bits per heavy atom. The number of hydrogen-bond acceptors (Lipinski definition) is 2. The van der Waals surface area contributed by atoms with Crippen molar-refractivity contribution in [1.29, 1.82) is 0 Å². The molecule has 0 N–H and O–H groups in total. The van der Waals surface area contributed by atoms with Gasteiger partial charge in [-0.25, -0.2) is 4.99 Å². The lowest BCUT2D eigenvalue weighted by molar-refractivity contribution is 1.48. The van der Waals surface area contributed by atoms with Crippen molar-refractivity contribution in [3.8, 4) is 0 Å². The largest absolute Gasteiger partial charge is 0.245 e. The van der Waals surface area contributed by atoms with Crippen molar-refractivity contribution in [3.63, 3.8) is 0 Å². The summed E-state index contributed by atoms with van der Waals surface area (Å²) in [6, 6.07) is 32.8. The van der Waals surface area contributed by atoms with Crippen LogP contribution < -0.4 is 0 Å². The quantitative estimate of drug-likeness (QED) is 0.255. The van der Waals surface area contributed by atoms with Crippen LogP contribution in [-0.4, -0.2) is 5.71 Å². The highest BCUT2D eigenvalue weighted by atomic mass is 32.1. The molecule has 0 aliphatic carbocycles. The molecule has 0 fully saturated rings. The van der Waals surface area contributed by atoms with E-state index in [1.165, 1.54) is 52.8 Å². The van der Waals surface area contributed by atoms with E-state index in [4.69, 9.17) is 4.99 Å². The van der Waals surface area contributed by atoms with Crippen LogP contribution >= 0.6 is 11.3 Å². The number of fused-ring (bicyclic) bond motifs is 9. The van der Waals surface area contributed by atoms with E-state index in [1.54, 1.807) is 0 Å². The molecule has 0 atom stereocenters. The minimum Gasteiger partial charge on any atom is -0.245 e. The average Bonchev–Trinajstić information content (AvgIpc) is 3.06. The number of nitrogens with zero attached hydrogens (tertiary/aromatic N) is 1. The lowest BCUT2D eigenvalue weighted by atomic mass is 9.91. The molecule has 134 valence electrons. The molecular formula is C27H15NS. The maximum Gasteiger partial charge on any atom is 0.0918 e. The van der Waals surface area contributed by atoms with Crippen LogP contribution in [0.5, 0.6) is 0 Å². The van der Waals surface area contributed by atoms with Crippen LogP contribution in [0.2, 0.25) is 0 Å². The number of hydrogen-bond donors (Lipinski definition) is 0. The van der Waals surface area contributed by atoms with Crippen LogP contribution in [0.4, 0.5) is 5.69 Å². The highest BCUT2D eigenvalue weighted by Crippen LogP contribution is 2.46. The van der Waals surface area contributed by atoms with Gasteiger partial charge in [-0.1, -0.05) is 78.9 Å². The van der Waals surface area contributed by atoms with E-state index in [1.807, 2.05) is 11.3 Å². The Morgan fingerprint density at radius 3 is 1.76 bits per heavy atom. The number of rotatable bonds is 1. The van der Waals surface area contributed by atoms with Gasteiger partial charge in [0.05, 0.1) is 16.3 Å². The van der Waals surface area contributed by atoms with Gasteiger partial charge in [0.2, 0.25) is 0 Å². The van der Waals surface area contributed by atoms with E-state index in [0.29, 0.717) is 0 Å². The van der Waals surface area contributed by atoms with Gasteiger partial charge in [0.1, 0.15) is 0 Å². The summed E-state index contributed by atoms with van der Waals surface area (Å²) in [5.74, 6) is 0. The summed E-state index contributed by atoms with van der Waals surface area (Å²) in [6.45, 7) is 0. The first-order chi connectivity index (χ1) is 14.4.